The predicted octanol–water partition coefficient (Wildman–Crippen LogP) is 2.65. The van der Waals surface area contributed by atoms with Gasteiger partial charge < -0.3 is 4.84 Å². The van der Waals surface area contributed by atoms with Crippen LogP contribution in [0.15, 0.2) is 5.16 Å². The van der Waals surface area contributed by atoms with Crippen molar-refractivity contribution in [3.63, 3.8) is 0 Å². The van der Waals surface area contributed by atoms with Crippen LogP contribution in [0.2, 0.25) is 0 Å². The van der Waals surface area contributed by atoms with Gasteiger partial charge in [-0.1, -0.05) is 18.5 Å². The van der Waals surface area contributed by atoms with Gasteiger partial charge in [0.2, 0.25) is 0 Å². The third-order valence-corrected chi connectivity index (χ3v) is 2.00. The normalized spacial score (nSPS) is 13.1. The van der Waals surface area contributed by atoms with E-state index in [1.54, 1.807) is 6.92 Å². The molecule has 0 spiro atoms. The zero-order valence-corrected chi connectivity index (χ0v) is 9.62. The van der Waals surface area contributed by atoms with E-state index in [0.29, 0.717) is 6.42 Å². The van der Waals surface area contributed by atoms with Crippen LogP contribution in [0, 0.1) is 17.2 Å². The Morgan fingerprint density at radius 2 is 2.13 bits per heavy atom. The molecule has 0 aromatic heterocycles. The second-order valence-corrected chi connectivity index (χ2v) is 3.56. The van der Waals surface area contributed by atoms with Crippen molar-refractivity contribution < 1.29 is 9.63 Å². The molecule has 0 heterocycles. The molecule has 0 bridgehead atoms. The van der Waals surface area contributed by atoms with Gasteiger partial charge >= 0.3 is 5.97 Å². The maximum absolute atomic E-state index is 10.5. The summed E-state index contributed by atoms with van der Waals surface area (Å²) >= 11 is 0. The minimum atomic E-state index is -0.417. The van der Waals surface area contributed by atoms with Crippen LogP contribution in [0.4, 0.5) is 0 Å². The first-order chi connectivity index (χ1) is 7.10. The molecule has 4 heteroatoms. The number of hydrogen-bond acceptors (Lipinski definition) is 4. The minimum Gasteiger partial charge on any atom is -0.319 e. The Kier molecular flexibility index (Phi) is 7.25. The number of carbonyl (C=O) groups is 1. The van der Waals surface area contributed by atoms with Gasteiger partial charge in [-0.05, 0) is 26.2 Å². The molecule has 0 radical (unpaired) electrons. The average molecular weight is 210 g/mol. The zero-order valence-electron chi connectivity index (χ0n) is 9.62. The molecule has 15 heavy (non-hydrogen) atoms. The molecule has 0 aromatic rings. The van der Waals surface area contributed by atoms with Crippen molar-refractivity contribution >= 4 is 11.7 Å². The van der Waals surface area contributed by atoms with E-state index in [2.05, 4.69) is 23.0 Å². The molecule has 0 saturated carbocycles. The highest BCUT2D eigenvalue weighted by Crippen LogP contribution is 2.12. The van der Waals surface area contributed by atoms with Gasteiger partial charge in [-0.15, -0.1) is 0 Å². The lowest BCUT2D eigenvalue weighted by Crippen LogP contribution is -2.02. The summed E-state index contributed by atoms with van der Waals surface area (Å²) in [6.07, 6.45) is 3.40. The molecule has 0 saturated heterocycles. The van der Waals surface area contributed by atoms with Crippen LogP contribution < -0.4 is 0 Å². The maximum Gasteiger partial charge on any atom is 0.331 e. The Balaban J connectivity index is 3.87. The molecule has 0 N–H and O–H groups in total. The molecule has 0 aliphatic carbocycles. The second kappa shape index (κ2) is 7.98. The molecule has 0 rings (SSSR count). The summed E-state index contributed by atoms with van der Waals surface area (Å²) in [5.74, 6) is -0.336. The van der Waals surface area contributed by atoms with E-state index in [4.69, 9.17) is 5.26 Å². The lowest BCUT2D eigenvalue weighted by molar-refractivity contribution is -0.140. The molecule has 0 aliphatic heterocycles. The van der Waals surface area contributed by atoms with E-state index in [9.17, 15) is 4.79 Å². The van der Waals surface area contributed by atoms with Gasteiger partial charge in [0.05, 0.1) is 11.8 Å². The highest BCUT2D eigenvalue weighted by molar-refractivity contribution is 5.82. The zero-order chi connectivity index (χ0) is 11.7. The maximum atomic E-state index is 10.5. The van der Waals surface area contributed by atoms with Crippen LogP contribution >= 0.6 is 0 Å². The number of nitrogens with zero attached hydrogens (tertiary/aromatic N) is 2. The van der Waals surface area contributed by atoms with E-state index in [0.717, 1.165) is 25.0 Å². The first kappa shape index (κ1) is 13.6. The van der Waals surface area contributed by atoms with Gasteiger partial charge in [-0.25, -0.2) is 4.79 Å². The van der Waals surface area contributed by atoms with Gasteiger partial charge in [0.1, 0.15) is 0 Å². The molecular weight excluding hydrogens is 192 g/mol. The summed E-state index contributed by atoms with van der Waals surface area (Å²) in [6.45, 7) is 5.17. The minimum absolute atomic E-state index is 0.0810. The summed E-state index contributed by atoms with van der Waals surface area (Å²) in [5, 5.41) is 12.5. The van der Waals surface area contributed by atoms with E-state index < -0.39 is 5.97 Å². The molecule has 4 nitrogen and oxygen atoms in total. The fraction of sp³-hybridized carbons (Fsp3) is 0.727. The van der Waals surface area contributed by atoms with Crippen molar-refractivity contribution in [1.29, 1.82) is 5.26 Å². The van der Waals surface area contributed by atoms with Crippen LogP contribution in [0.3, 0.4) is 0 Å². The van der Waals surface area contributed by atoms with Crippen LogP contribution in [0.5, 0.6) is 0 Å². The van der Waals surface area contributed by atoms with Crippen LogP contribution in [-0.4, -0.2) is 11.7 Å². The van der Waals surface area contributed by atoms with Crippen LogP contribution in [-0.2, 0) is 9.63 Å². The van der Waals surface area contributed by atoms with E-state index in [1.807, 2.05) is 0 Å². The van der Waals surface area contributed by atoms with Crippen molar-refractivity contribution in [2.24, 2.45) is 11.1 Å². The first-order valence-corrected chi connectivity index (χ1v) is 5.20. The molecule has 0 aromatic carbocycles. The molecule has 84 valence electrons. The van der Waals surface area contributed by atoms with Gasteiger partial charge in [0, 0.05) is 12.8 Å². The predicted molar refractivity (Wildman–Crippen MR) is 58.1 cm³/mol. The third-order valence-electron chi connectivity index (χ3n) is 2.00. The van der Waals surface area contributed by atoms with Gasteiger partial charge in [-0.2, -0.15) is 5.26 Å². The largest absolute Gasteiger partial charge is 0.331 e. The molecule has 0 amide bonds. The molecular formula is C11H18N2O2. The standard InChI is InChI=1S/C11H18N2O2/c1-4-5-11(8-12)7-6-9(2)13-15-10(3)14/h11H,4-7H2,1-3H3/b13-9+. The fourth-order valence-electron chi connectivity index (χ4n) is 1.19. The fourth-order valence-corrected chi connectivity index (χ4v) is 1.19. The summed E-state index contributed by atoms with van der Waals surface area (Å²) < 4.78 is 0. The van der Waals surface area contributed by atoms with Crippen molar-refractivity contribution in [3.05, 3.63) is 0 Å². The number of carbonyl (C=O) groups excluding carboxylic acids is 1. The summed E-state index contributed by atoms with van der Waals surface area (Å²) in [6, 6.07) is 2.26. The number of rotatable bonds is 6. The number of hydrogen-bond donors (Lipinski definition) is 0. The number of oxime groups is 1. The molecule has 1 unspecified atom stereocenters. The lowest BCUT2D eigenvalue weighted by Gasteiger charge is -2.06. The SMILES string of the molecule is CCCC(C#N)CC/C(C)=N/OC(C)=O. The third kappa shape index (κ3) is 7.68. The van der Waals surface area contributed by atoms with Gasteiger partial charge in [0.15, 0.2) is 0 Å². The van der Waals surface area contributed by atoms with Crippen molar-refractivity contribution in [2.75, 3.05) is 0 Å². The highest BCUT2D eigenvalue weighted by Gasteiger charge is 2.06. The van der Waals surface area contributed by atoms with Crippen molar-refractivity contribution in [2.45, 2.75) is 46.5 Å². The monoisotopic (exact) mass is 210 g/mol. The van der Waals surface area contributed by atoms with Gasteiger partial charge in [0.25, 0.3) is 0 Å². The Morgan fingerprint density at radius 1 is 1.47 bits per heavy atom. The van der Waals surface area contributed by atoms with Crippen molar-refractivity contribution in [3.8, 4) is 6.07 Å². The Labute approximate surface area is 90.9 Å². The first-order valence-electron chi connectivity index (χ1n) is 5.20. The molecule has 0 fully saturated rings. The van der Waals surface area contributed by atoms with Crippen LogP contribution in [0.25, 0.3) is 0 Å². The van der Waals surface area contributed by atoms with Crippen molar-refractivity contribution in [1.82, 2.24) is 0 Å². The van der Waals surface area contributed by atoms with Gasteiger partial charge in [-0.3, -0.25) is 0 Å². The smallest absolute Gasteiger partial charge is 0.319 e. The summed E-state index contributed by atoms with van der Waals surface area (Å²) in [4.78, 5) is 15.0. The number of nitriles is 1. The van der Waals surface area contributed by atoms with Crippen LogP contribution in [0.1, 0.15) is 46.5 Å². The quantitative estimate of drug-likeness (QED) is 0.384. The lowest BCUT2D eigenvalue weighted by atomic mass is 9.98. The average Bonchev–Trinajstić information content (AvgIpc) is 2.21. The van der Waals surface area contributed by atoms with E-state index in [-0.39, 0.29) is 5.92 Å². The summed E-state index contributed by atoms with van der Waals surface area (Å²) in [7, 11) is 0. The second-order valence-electron chi connectivity index (χ2n) is 3.56. The summed E-state index contributed by atoms with van der Waals surface area (Å²) in [5.41, 5.74) is 0.751. The molecule has 0 aliphatic rings. The Bertz CT molecular complexity index is 266. The Hall–Kier alpha value is -1.37. The Morgan fingerprint density at radius 3 is 2.60 bits per heavy atom. The topological polar surface area (TPSA) is 62.4 Å². The van der Waals surface area contributed by atoms with E-state index >= 15 is 0 Å². The highest BCUT2D eigenvalue weighted by atomic mass is 16.7. The van der Waals surface area contributed by atoms with E-state index in [1.165, 1.54) is 6.92 Å². The molecule has 1 atom stereocenters.